The fraction of sp³-hybridized carbons (Fsp3) is 0.200. The molecule has 178 valence electrons. The smallest absolute Gasteiger partial charge is 0.244 e. The SMILES string of the molecule is NC(=O)C1Cc2ccccc2N(c2cc(F)c(Oc3ccnc(NC(=O)C4CC4)c3)cc2F)C1=O. The zero-order valence-electron chi connectivity index (χ0n) is 18.3. The van der Waals surface area contributed by atoms with E-state index in [2.05, 4.69) is 10.3 Å². The molecule has 5 rings (SSSR count). The van der Waals surface area contributed by atoms with E-state index in [-0.39, 0.29) is 35.5 Å². The number of halogens is 2. The Hall–Kier alpha value is -4.34. The number of nitrogens with zero attached hydrogens (tertiary/aromatic N) is 2. The summed E-state index contributed by atoms with van der Waals surface area (Å²) in [5, 5.41) is 2.66. The molecular weight excluding hydrogens is 458 g/mol. The van der Waals surface area contributed by atoms with Crippen LogP contribution in [0.3, 0.4) is 0 Å². The van der Waals surface area contributed by atoms with Crippen molar-refractivity contribution >= 4 is 34.9 Å². The van der Waals surface area contributed by atoms with E-state index in [1.54, 1.807) is 24.3 Å². The molecule has 1 aromatic heterocycles. The summed E-state index contributed by atoms with van der Waals surface area (Å²) in [5.74, 6) is -4.93. The fourth-order valence-corrected chi connectivity index (χ4v) is 3.97. The highest BCUT2D eigenvalue weighted by molar-refractivity contribution is 6.13. The Bertz CT molecular complexity index is 1360. The molecule has 1 fully saturated rings. The van der Waals surface area contributed by atoms with Crippen LogP contribution in [0, 0.1) is 23.5 Å². The van der Waals surface area contributed by atoms with Crippen molar-refractivity contribution in [3.8, 4) is 11.5 Å². The number of carbonyl (C=O) groups excluding carboxylic acids is 3. The van der Waals surface area contributed by atoms with Crippen molar-refractivity contribution in [2.24, 2.45) is 17.6 Å². The van der Waals surface area contributed by atoms with Gasteiger partial charge in [-0.05, 0) is 37.0 Å². The number of hydrogen-bond donors (Lipinski definition) is 2. The molecule has 1 unspecified atom stereocenters. The predicted molar refractivity (Wildman–Crippen MR) is 122 cm³/mol. The molecule has 35 heavy (non-hydrogen) atoms. The number of primary amides is 1. The number of para-hydroxylation sites is 1. The molecule has 1 aliphatic heterocycles. The van der Waals surface area contributed by atoms with Crippen molar-refractivity contribution in [2.45, 2.75) is 19.3 Å². The van der Waals surface area contributed by atoms with Gasteiger partial charge in [0.15, 0.2) is 17.4 Å². The van der Waals surface area contributed by atoms with Gasteiger partial charge in [0.2, 0.25) is 17.7 Å². The number of rotatable bonds is 6. The van der Waals surface area contributed by atoms with Gasteiger partial charge < -0.3 is 15.8 Å². The van der Waals surface area contributed by atoms with Gasteiger partial charge in [0.1, 0.15) is 17.5 Å². The van der Waals surface area contributed by atoms with Crippen LogP contribution in [0.25, 0.3) is 0 Å². The highest BCUT2D eigenvalue weighted by Gasteiger charge is 2.38. The Morgan fingerprint density at radius 1 is 1.06 bits per heavy atom. The molecule has 2 aromatic carbocycles. The largest absolute Gasteiger partial charge is 0.454 e. The molecule has 10 heteroatoms. The maximum Gasteiger partial charge on any atom is 0.244 e. The molecule has 0 radical (unpaired) electrons. The highest BCUT2D eigenvalue weighted by Crippen LogP contribution is 2.40. The summed E-state index contributed by atoms with van der Waals surface area (Å²) in [6, 6.07) is 11.1. The summed E-state index contributed by atoms with van der Waals surface area (Å²) in [6.07, 6.45) is 3.09. The minimum atomic E-state index is -1.20. The zero-order valence-corrected chi connectivity index (χ0v) is 18.3. The number of hydrogen-bond acceptors (Lipinski definition) is 5. The van der Waals surface area contributed by atoms with E-state index in [1.807, 2.05) is 0 Å². The van der Waals surface area contributed by atoms with Gasteiger partial charge in [-0.3, -0.25) is 19.3 Å². The number of aromatic nitrogens is 1. The van der Waals surface area contributed by atoms with E-state index in [0.29, 0.717) is 11.3 Å². The molecule has 0 spiro atoms. The van der Waals surface area contributed by atoms with Crippen LogP contribution in [0.2, 0.25) is 0 Å². The first-order valence-corrected chi connectivity index (χ1v) is 11.0. The lowest BCUT2D eigenvalue weighted by molar-refractivity contribution is -0.131. The molecule has 0 bridgehead atoms. The Morgan fingerprint density at radius 2 is 1.83 bits per heavy atom. The molecular formula is C25H20F2N4O4. The Labute approximate surface area is 198 Å². The Morgan fingerprint density at radius 3 is 2.57 bits per heavy atom. The van der Waals surface area contributed by atoms with E-state index >= 15 is 8.78 Å². The van der Waals surface area contributed by atoms with E-state index in [9.17, 15) is 14.4 Å². The number of nitrogens with one attached hydrogen (secondary N) is 1. The third-order valence-electron chi connectivity index (χ3n) is 5.92. The van der Waals surface area contributed by atoms with E-state index in [4.69, 9.17) is 10.5 Å². The van der Waals surface area contributed by atoms with Crippen LogP contribution in [0.15, 0.2) is 54.7 Å². The van der Waals surface area contributed by atoms with Crippen molar-refractivity contribution < 1.29 is 27.9 Å². The number of ether oxygens (including phenoxy) is 1. The van der Waals surface area contributed by atoms with Crippen molar-refractivity contribution in [3.63, 3.8) is 0 Å². The standard InChI is InChI=1S/C25H20F2N4O4/c26-17-12-21(35-15-7-8-29-22(10-15)30-24(33)13-5-6-13)18(27)11-20(17)31-19-4-2-1-3-14(19)9-16(23(28)32)25(31)34/h1-4,7-8,10-13,16H,5-6,9H2,(H2,28,32)(H,29,30,33). The van der Waals surface area contributed by atoms with Gasteiger partial charge in [0, 0.05) is 30.3 Å². The highest BCUT2D eigenvalue weighted by atomic mass is 19.1. The summed E-state index contributed by atoms with van der Waals surface area (Å²) >= 11 is 0. The average Bonchev–Trinajstić information content (AvgIpc) is 3.67. The van der Waals surface area contributed by atoms with Crippen LogP contribution in [0.1, 0.15) is 18.4 Å². The summed E-state index contributed by atoms with van der Waals surface area (Å²) in [4.78, 5) is 41.8. The summed E-state index contributed by atoms with van der Waals surface area (Å²) in [6.45, 7) is 0. The van der Waals surface area contributed by atoms with Crippen LogP contribution in [-0.4, -0.2) is 22.7 Å². The van der Waals surface area contributed by atoms with Gasteiger partial charge >= 0.3 is 0 Å². The third-order valence-corrected chi connectivity index (χ3v) is 5.92. The molecule has 1 saturated carbocycles. The Kier molecular flexibility index (Phi) is 5.64. The fourth-order valence-electron chi connectivity index (χ4n) is 3.97. The molecule has 2 heterocycles. The third kappa shape index (κ3) is 4.42. The number of nitrogens with two attached hydrogens (primary N) is 1. The van der Waals surface area contributed by atoms with Crippen LogP contribution >= 0.6 is 0 Å². The molecule has 1 atom stereocenters. The van der Waals surface area contributed by atoms with Gasteiger partial charge in [-0.25, -0.2) is 13.8 Å². The van der Waals surface area contributed by atoms with E-state index in [1.165, 1.54) is 18.3 Å². The minimum absolute atomic E-state index is 0.0303. The molecule has 8 nitrogen and oxygen atoms in total. The molecule has 3 amide bonds. The van der Waals surface area contributed by atoms with E-state index in [0.717, 1.165) is 29.9 Å². The predicted octanol–water partition coefficient (Wildman–Crippen LogP) is 3.82. The van der Waals surface area contributed by atoms with Crippen LogP contribution in [0.5, 0.6) is 11.5 Å². The van der Waals surface area contributed by atoms with Crippen molar-refractivity contribution in [1.29, 1.82) is 0 Å². The molecule has 2 aliphatic rings. The monoisotopic (exact) mass is 478 g/mol. The number of pyridine rings is 1. The van der Waals surface area contributed by atoms with Gasteiger partial charge in [-0.15, -0.1) is 0 Å². The topological polar surface area (TPSA) is 115 Å². The van der Waals surface area contributed by atoms with Gasteiger partial charge in [0.25, 0.3) is 0 Å². The molecule has 3 N–H and O–H groups in total. The second-order valence-corrected chi connectivity index (χ2v) is 8.44. The van der Waals surface area contributed by atoms with Crippen LogP contribution in [-0.2, 0) is 20.8 Å². The van der Waals surface area contributed by atoms with Crippen molar-refractivity contribution in [1.82, 2.24) is 4.98 Å². The molecule has 1 aliphatic carbocycles. The second-order valence-electron chi connectivity index (χ2n) is 8.44. The number of amides is 3. The van der Waals surface area contributed by atoms with Crippen LogP contribution < -0.4 is 20.7 Å². The van der Waals surface area contributed by atoms with Crippen LogP contribution in [0.4, 0.5) is 26.0 Å². The lowest BCUT2D eigenvalue weighted by Gasteiger charge is -2.33. The van der Waals surface area contributed by atoms with Crippen molar-refractivity contribution in [2.75, 3.05) is 10.2 Å². The maximum absolute atomic E-state index is 15.2. The minimum Gasteiger partial charge on any atom is -0.454 e. The Balaban J connectivity index is 1.45. The number of benzene rings is 2. The summed E-state index contributed by atoms with van der Waals surface area (Å²) in [7, 11) is 0. The first-order valence-electron chi connectivity index (χ1n) is 11.0. The molecule has 0 saturated heterocycles. The number of anilines is 3. The first-order chi connectivity index (χ1) is 16.8. The van der Waals surface area contributed by atoms with Gasteiger partial charge in [0.05, 0.1) is 11.4 Å². The first kappa shape index (κ1) is 22.5. The summed E-state index contributed by atoms with van der Waals surface area (Å²) in [5.41, 5.74) is 5.96. The second kappa shape index (κ2) is 8.79. The normalized spacial score (nSPS) is 17.0. The average molecular weight is 478 g/mol. The number of fused-ring (bicyclic) bond motifs is 1. The quantitative estimate of drug-likeness (QED) is 0.523. The zero-order chi connectivity index (χ0) is 24.7. The van der Waals surface area contributed by atoms with Gasteiger partial charge in [-0.1, -0.05) is 18.2 Å². The lowest BCUT2D eigenvalue weighted by Crippen LogP contribution is -2.44. The van der Waals surface area contributed by atoms with Gasteiger partial charge in [-0.2, -0.15) is 0 Å². The van der Waals surface area contributed by atoms with E-state index < -0.39 is 35.1 Å². The summed E-state index contributed by atoms with van der Waals surface area (Å²) < 4.78 is 35.8. The lowest BCUT2D eigenvalue weighted by atomic mass is 9.90. The number of carbonyl (C=O) groups is 3. The van der Waals surface area contributed by atoms with Crippen molar-refractivity contribution in [3.05, 3.63) is 71.9 Å². The molecule has 3 aromatic rings. The maximum atomic E-state index is 15.2.